The Bertz CT molecular complexity index is 909. The van der Waals surface area contributed by atoms with Crippen LogP contribution in [0.15, 0.2) is 96.1 Å². The van der Waals surface area contributed by atoms with Gasteiger partial charge in [0.2, 0.25) is 0 Å². The number of anilines is 2. The Morgan fingerprint density at radius 2 is 1.24 bits per heavy atom. The van der Waals surface area contributed by atoms with Crippen molar-refractivity contribution in [3.05, 3.63) is 96.6 Å². The molecular weight excluding hydrogens is 356 g/mol. The maximum absolute atomic E-state index is 5.00. The molecule has 3 aromatic rings. The van der Waals surface area contributed by atoms with E-state index < -0.39 is 0 Å². The monoisotopic (exact) mass is 383 g/mol. The number of hydrogen-bond donors (Lipinski definition) is 0. The van der Waals surface area contributed by atoms with Crippen LogP contribution < -0.4 is 15.4 Å². The molecule has 0 bridgehead atoms. The van der Waals surface area contributed by atoms with Gasteiger partial charge in [0, 0.05) is 5.56 Å². The molecule has 3 aromatic carbocycles. The first-order chi connectivity index (χ1) is 14.4. The standard InChI is InChI=1S/C25H27N4/c1-2-3-7-20-24-28(22-16-10-5-11-17-22)26-25(21-14-8-4-9-15-21)27-29(24)23-18-12-6-13-19-23/h4-6,8-19,24H,2-3,7,20H2,1H3. The summed E-state index contributed by atoms with van der Waals surface area (Å²) in [6, 6.07) is 31.0. The van der Waals surface area contributed by atoms with Crippen LogP contribution in [-0.4, -0.2) is 12.0 Å². The first-order valence-electron chi connectivity index (χ1n) is 10.4. The number of benzene rings is 3. The highest BCUT2D eigenvalue weighted by atomic mass is 15.7. The van der Waals surface area contributed by atoms with Gasteiger partial charge in [0.1, 0.15) is 6.17 Å². The molecule has 4 nitrogen and oxygen atoms in total. The first-order valence-corrected chi connectivity index (χ1v) is 10.4. The lowest BCUT2D eigenvalue weighted by atomic mass is 10.1. The summed E-state index contributed by atoms with van der Waals surface area (Å²) >= 11 is 0. The number of hydrogen-bond acceptors (Lipinski definition) is 3. The Morgan fingerprint density at radius 3 is 1.83 bits per heavy atom. The summed E-state index contributed by atoms with van der Waals surface area (Å²) in [5.41, 5.74) is 8.18. The largest absolute Gasteiger partial charge is 0.239 e. The maximum atomic E-state index is 5.00. The Kier molecular flexibility index (Phi) is 6.10. The Balaban J connectivity index is 1.78. The van der Waals surface area contributed by atoms with E-state index in [1.165, 1.54) is 12.8 Å². The van der Waals surface area contributed by atoms with Gasteiger partial charge in [-0.1, -0.05) is 86.5 Å². The minimum Gasteiger partial charge on any atom is -0.239 e. The van der Waals surface area contributed by atoms with Crippen LogP contribution in [-0.2, 0) is 0 Å². The second kappa shape index (κ2) is 9.28. The van der Waals surface area contributed by atoms with Gasteiger partial charge in [-0.15, -0.1) is 10.5 Å². The van der Waals surface area contributed by atoms with Crippen molar-refractivity contribution in [1.29, 1.82) is 0 Å². The molecule has 1 aliphatic rings. The van der Waals surface area contributed by atoms with E-state index in [9.17, 15) is 0 Å². The second-order valence-corrected chi connectivity index (χ2v) is 7.23. The van der Waals surface area contributed by atoms with Gasteiger partial charge in [-0.05, 0) is 37.1 Å². The molecule has 0 saturated carbocycles. The summed E-state index contributed by atoms with van der Waals surface area (Å²) in [5.74, 6) is 0.727. The van der Waals surface area contributed by atoms with Crippen LogP contribution >= 0.6 is 0 Å². The number of rotatable bonds is 7. The molecule has 1 atom stereocenters. The highest BCUT2D eigenvalue weighted by Crippen LogP contribution is 2.29. The molecule has 0 N–H and O–H groups in total. The Hall–Kier alpha value is -3.27. The second-order valence-electron chi connectivity index (χ2n) is 7.23. The molecule has 1 radical (unpaired) electrons. The minimum atomic E-state index is 0.0406. The van der Waals surface area contributed by atoms with Crippen LogP contribution in [0.2, 0.25) is 0 Å². The topological polar surface area (TPSA) is 32.9 Å². The molecule has 29 heavy (non-hydrogen) atoms. The highest BCUT2D eigenvalue weighted by molar-refractivity contribution is 6.00. The van der Waals surface area contributed by atoms with Gasteiger partial charge >= 0.3 is 0 Å². The van der Waals surface area contributed by atoms with E-state index >= 15 is 0 Å². The fourth-order valence-corrected chi connectivity index (χ4v) is 3.61. The lowest BCUT2D eigenvalue weighted by Gasteiger charge is -2.42. The van der Waals surface area contributed by atoms with Gasteiger partial charge in [0.15, 0.2) is 5.84 Å². The summed E-state index contributed by atoms with van der Waals surface area (Å²) < 4.78 is 0. The lowest BCUT2D eigenvalue weighted by Crippen LogP contribution is -2.56. The van der Waals surface area contributed by atoms with Crippen molar-refractivity contribution in [2.75, 3.05) is 10.0 Å². The van der Waals surface area contributed by atoms with Crippen LogP contribution in [0.1, 0.15) is 38.2 Å². The third kappa shape index (κ3) is 4.43. The third-order valence-electron chi connectivity index (χ3n) is 5.11. The number of para-hydroxylation sites is 2. The molecule has 1 aliphatic heterocycles. The molecule has 0 aromatic heterocycles. The molecule has 1 unspecified atom stereocenters. The summed E-state index contributed by atoms with van der Waals surface area (Å²) in [4.78, 5) is 0. The molecule has 1 heterocycles. The average Bonchev–Trinajstić information content (AvgIpc) is 2.81. The van der Waals surface area contributed by atoms with Gasteiger partial charge in [-0.3, -0.25) is 0 Å². The van der Waals surface area contributed by atoms with Crippen molar-refractivity contribution in [1.82, 2.24) is 5.43 Å². The number of nitrogens with zero attached hydrogens (tertiary/aromatic N) is 4. The quantitative estimate of drug-likeness (QED) is 0.483. The summed E-state index contributed by atoms with van der Waals surface area (Å²) in [7, 11) is 0. The Labute approximate surface area is 173 Å². The zero-order valence-corrected chi connectivity index (χ0v) is 16.9. The van der Waals surface area contributed by atoms with Crippen molar-refractivity contribution in [2.45, 2.75) is 38.8 Å². The van der Waals surface area contributed by atoms with Gasteiger partial charge in [0.25, 0.3) is 0 Å². The van der Waals surface area contributed by atoms with Gasteiger partial charge in [-0.25, -0.2) is 10.0 Å². The van der Waals surface area contributed by atoms with Crippen LogP contribution in [0.3, 0.4) is 0 Å². The minimum absolute atomic E-state index is 0.0406. The third-order valence-corrected chi connectivity index (χ3v) is 5.11. The average molecular weight is 384 g/mol. The summed E-state index contributed by atoms with van der Waals surface area (Å²) in [6.07, 6.45) is 4.57. The van der Waals surface area contributed by atoms with E-state index in [0.29, 0.717) is 0 Å². The zero-order chi connectivity index (χ0) is 19.9. The number of unbranched alkanes of at least 4 members (excludes halogenated alkanes) is 2. The van der Waals surface area contributed by atoms with Crippen molar-refractivity contribution < 1.29 is 0 Å². The molecule has 4 heteroatoms. The number of amidine groups is 1. The van der Waals surface area contributed by atoms with Gasteiger partial charge in [-0.2, -0.15) is 0 Å². The van der Waals surface area contributed by atoms with E-state index in [1.54, 1.807) is 0 Å². The molecule has 147 valence electrons. The van der Waals surface area contributed by atoms with E-state index in [-0.39, 0.29) is 6.17 Å². The van der Waals surface area contributed by atoms with Crippen molar-refractivity contribution in [3.63, 3.8) is 0 Å². The molecule has 0 saturated heterocycles. The lowest BCUT2D eigenvalue weighted by molar-refractivity contribution is 0.462. The fourth-order valence-electron chi connectivity index (χ4n) is 3.61. The summed E-state index contributed by atoms with van der Waals surface area (Å²) in [5, 5.41) is 9.27. The van der Waals surface area contributed by atoms with Crippen molar-refractivity contribution >= 4 is 17.2 Å². The van der Waals surface area contributed by atoms with E-state index in [2.05, 4.69) is 77.6 Å². The van der Waals surface area contributed by atoms with Gasteiger partial charge in [0.05, 0.1) is 11.4 Å². The number of hydrazone groups is 1. The SMILES string of the molecule is CCCCCC1N(c2ccccc2)[N]C(c2ccccc2)=NN1c1ccccc1. The van der Waals surface area contributed by atoms with E-state index in [0.717, 1.165) is 35.6 Å². The van der Waals surface area contributed by atoms with Crippen LogP contribution in [0.5, 0.6) is 0 Å². The highest BCUT2D eigenvalue weighted by Gasteiger charge is 2.33. The molecule has 0 fully saturated rings. The molecule has 0 amide bonds. The Morgan fingerprint density at radius 1 is 0.690 bits per heavy atom. The van der Waals surface area contributed by atoms with Crippen LogP contribution in [0.25, 0.3) is 0 Å². The van der Waals surface area contributed by atoms with E-state index in [1.807, 2.05) is 30.3 Å². The predicted octanol–water partition coefficient (Wildman–Crippen LogP) is 5.80. The van der Waals surface area contributed by atoms with Crippen molar-refractivity contribution in [3.8, 4) is 0 Å². The molecule has 0 aliphatic carbocycles. The van der Waals surface area contributed by atoms with Crippen LogP contribution in [0.4, 0.5) is 11.4 Å². The fraction of sp³-hybridized carbons (Fsp3) is 0.240. The van der Waals surface area contributed by atoms with Gasteiger partial charge < -0.3 is 0 Å². The normalized spacial score (nSPS) is 16.3. The predicted molar refractivity (Wildman–Crippen MR) is 121 cm³/mol. The molecule has 0 spiro atoms. The summed E-state index contributed by atoms with van der Waals surface area (Å²) in [6.45, 7) is 2.24. The molecule has 4 rings (SSSR count). The first kappa shape index (κ1) is 19.1. The molecular formula is C25H27N4. The smallest absolute Gasteiger partial charge is 0.199 e. The van der Waals surface area contributed by atoms with Crippen molar-refractivity contribution in [2.24, 2.45) is 5.10 Å². The zero-order valence-electron chi connectivity index (χ0n) is 16.9. The van der Waals surface area contributed by atoms with Crippen LogP contribution in [0, 0.1) is 0 Å². The maximum Gasteiger partial charge on any atom is 0.199 e. The van der Waals surface area contributed by atoms with E-state index in [4.69, 9.17) is 10.5 Å².